The van der Waals surface area contributed by atoms with Crippen molar-refractivity contribution >= 4 is 17.9 Å². The maximum Gasteiger partial charge on any atom is 0.244 e. The zero-order valence-corrected chi connectivity index (χ0v) is 9.77. The molecule has 0 atom stereocenters. The van der Waals surface area contributed by atoms with Crippen molar-refractivity contribution in [3.05, 3.63) is 42.0 Å². The number of amides is 2. The molecule has 2 N–H and O–H groups in total. The van der Waals surface area contributed by atoms with Gasteiger partial charge >= 0.3 is 0 Å². The van der Waals surface area contributed by atoms with Gasteiger partial charge in [-0.1, -0.05) is 30.3 Å². The van der Waals surface area contributed by atoms with E-state index in [4.69, 9.17) is 0 Å². The first-order chi connectivity index (χ1) is 8.18. The van der Waals surface area contributed by atoms with Crippen molar-refractivity contribution in [2.24, 2.45) is 0 Å². The second kappa shape index (κ2) is 7.22. The highest BCUT2D eigenvalue weighted by atomic mass is 16.2. The van der Waals surface area contributed by atoms with Gasteiger partial charge in [-0.25, -0.2) is 0 Å². The summed E-state index contributed by atoms with van der Waals surface area (Å²) in [6.07, 6.45) is 3.22. The van der Waals surface area contributed by atoms with Crippen molar-refractivity contribution < 1.29 is 9.59 Å². The Hall–Kier alpha value is -2.10. The van der Waals surface area contributed by atoms with Crippen LogP contribution in [0.1, 0.15) is 12.5 Å². The third-order valence-electron chi connectivity index (χ3n) is 2.02. The van der Waals surface area contributed by atoms with Gasteiger partial charge in [0.2, 0.25) is 11.8 Å². The van der Waals surface area contributed by atoms with E-state index in [1.165, 1.54) is 13.0 Å². The summed E-state index contributed by atoms with van der Waals surface area (Å²) in [4.78, 5) is 21.9. The van der Waals surface area contributed by atoms with Crippen molar-refractivity contribution in [2.75, 3.05) is 13.1 Å². The molecule has 4 heteroatoms. The molecule has 0 saturated heterocycles. The Bertz CT molecular complexity index is 399. The Labute approximate surface area is 101 Å². The van der Waals surface area contributed by atoms with Gasteiger partial charge in [-0.15, -0.1) is 0 Å². The van der Waals surface area contributed by atoms with Crippen LogP contribution in [0.15, 0.2) is 36.4 Å². The Morgan fingerprint density at radius 1 is 1.12 bits per heavy atom. The molecule has 17 heavy (non-hydrogen) atoms. The fourth-order valence-corrected chi connectivity index (χ4v) is 1.22. The quantitative estimate of drug-likeness (QED) is 0.586. The largest absolute Gasteiger partial charge is 0.355 e. The standard InChI is InChI=1S/C13H16N2O2/c1-11(16)14-9-10-15-13(17)8-7-12-5-3-2-4-6-12/h2-8H,9-10H2,1H3,(H,14,16)(H,15,17). The molecule has 0 bridgehead atoms. The van der Waals surface area contributed by atoms with Gasteiger partial charge in [0.25, 0.3) is 0 Å². The van der Waals surface area contributed by atoms with Crippen LogP contribution >= 0.6 is 0 Å². The number of carbonyl (C=O) groups excluding carboxylic acids is 2. The van der Waals surface area contributed by atoms with E-state index < -0.39 is 0 Å². The molecule has 1 aromatic carbocycles. The fourth-order valence-electron chi connectivity index (χ4n) is 1.22. The molecule has 1 aromatic rings. The van der Waals surface area contributed by atoms with Gasteiger partial charge in [0, 0.05) is 26.1 Å². The smallest absolute Gasteiger partial charge is 0.244 e. The van der Waals surface area contributed by atoms with Crippen LogP contribution in [0.3, 0.4) is 0 Å². The Balaban J connectivity index is 2.25. The highest BCUT2D eigenvalue weighted by molar-refractivity contribution is 5.91. The number of hydrogen-bond donors (Lipinski definition) is 2. The van der Waals surface area contributed by atoms with Crippen LogP contribution in [-0.2, 0) is 9.59 Å². The topological polar surface area (TPSA) is 58.2 Å². The molecule has 0 fully saturated rings. The van der Waals surface area contributed by atoms with Gasteiger partial charge in [0.05, 0.1) is 0 Å². The molecule has 4 nitrogen and oxygen atoms in total. The lowest BCUT2D eigenvalue weighted by atomic mass is 10.2. The number of nitrogens with one attached hydrogen (secondary N) is 2. The number of rotatable bonds is 5. The Morgan fingerprint density at radius 2 is 1.76 bits per heavy atom. The molecular weight excluding hydrogens is 216 g/mol. The second-order valence-corrected chi connectivity index (χ2v) is 3.52. The number of benzene rings is 1. The van der Waals surface area contributed by atoms with Crippen molar-refractivity contribution in [3.8, 4) is 0 Å². The predicted octanol–water partition coefficient (Wildman–Crippen LogP) is 0.952. The van der Waals surface area contributed by atoms with Gasteiger partial charge in [0.1, 0.15) is 0 Å². The van der Waals surface area contributed by atoms with Crippen molar-refractivity contribution in [2.45, 2.75) is 6.92 Å². The minimum atomic E-state index is -0.167. The van der Waals surface area contributed by atoms with E-state index in [0.717, 1.165) is 5.56 Å². The third kappa shape index (κ3) is 6.14. The average Bonchev–Trinajstić information content (AvgIpc) is 2.33. The van der Waals surface area contributed by atoms with Gasteiger partial charge in [-0.2, -0.15) is 0 Å². The van der Waals surface area contributed by atoms with Crippen molar-refractivity contribution in [3.63, 3.8) is 0 Å². The van der Waals surface area contributed by atoms with E-state index in [-0.39, 0.29) is 11.8 Å². The van der Waals surface area contributed by atoms with Crippen LogP contribution in [-0.4, -0.2) is 24.9 Å². The maximum absolute atomic E-state index is 11.4. The molecule has 0 aliphatic rings. The minimum Gasteiger partial charge on any atom is -0.355 e. The van der Waals surface area contributed by atoms with Crippen LogP contribution in [0.5, 0.6) is 0 Å². The van der Waals surface area contributed by atoms with Gasteiger partial charge in [-0.3, -0.25) is 9.59 Å². The van der Waals surface area contributed by atoms with Crippen LogP contribution in [0.4, 0.5) is 0 Å². The van der Waals surface area contributed by atoms with E-state index in [2.05, 4.69) is 10.6 Å². The average molecular weight is 232 g/mol. The van der Waals surface area contributed by atoms with Crippen LogP contribution < -0.4 is 10.6 Å². The summed E-state index contributed by atoms with van der Waals surface area (Å²) < 4.78 is 0. The molecule has 0 aliphatic carbocycles. The highest BCUT2D eigenvalue weighted by Crippen LogP contribution is 2.00. The number of carbonyl (C=O) groups is 2. The first-order valence-electron chi connectivity index (χ1n) is 5.44. The molecule has 0 aromatic heterocycles. The maximum atomic E-state index is 11.4. The lowest BCUT2D eigenvalue weighted by Crippen LogP contribution is -2.32. The summed E-state index contributed by atoms with van der Waals surface area (Å²) >= 11 is 0. The zero-order chi connectivity index (χ0) is 12.5. The van der Waals surface area contributed by atoms with E-state index in [1.807, 2.05) is 30.3 Å². The summed E-state index contributed by atoms with van der Waals surface area (Å²) in [7, 11) is 0. The highest BCUT2D eigenvalue weighted by Gasteiger charge is 1.95. The molecule has 0 spiro atoms. The van der Waals surface area contributed by atoms with Crippen LogP contribution in [0, 0.1) is 0 Å². The molecule has 0 aliphatic heterocycles. The van der Waals surface area contributed by atoms with E-state index in [1.54, 1.807) is 6.08 Å². The van der Waals surface area contributed by atoms with E-state index in [9.17, 15) is 9.59 Å². The molecule has 1 rings (SSSR count). The minimum absolute atomic E-state index is 0.0981. The molecule has 2 amide bonds. The summed E-state index contributed by atoms with van der Waals surface area (Å²) in [6, 6.07) is 9.58. The second-order valence-electron chi connectivity index (χ2n) is 3.52. The summed E-state index contributed by atoms with van der Waals surface area (Å²) in [6.45, 7) is 2.31. The van der Waals surface area contributed by atoms with Crippen molar-refractivity contribution in [1.82, 2.24) is 10.6 Å². The molecule has 90 valence electrons. The SMILES string of the molecule is CC(=O)NCCNC(=O)C=Cc1ccccc1. The Kier molecular flexibility index (Phi) is 5.51. The fraction of sp³-hybridized carbons (Fsp3) is 0.231. The van der Waals surface area contributed by atoms with E-state index in [0.29, 0.717) is 13.1 Å². The summed E-state index contributed by atoms with van der Waals surface area (Å²) in [5, 5.41) is 5.26. The normalized spacial score (nSPS) is 10.2. The predicted molar refractivity (Wildman–Crippen MR) is 67.2 cm³/mol. The number of hydrogen-bond acceptors (Lipinski definition) is 2. The summed E-state index contributed by atoms with van der Waals surface area (Å²) in [5.74, 6) is -0.265. The van der Waals surface area contributed by atoms with Gasteiger partial charge in [0.15, 0.2) is 0 Å². The van der Waals surface area contributed by atoms with Crippen molar-refractivity contribution in [1.29, 1.82) is 0 Å². The lowest BCUT2D eigenvalue weighted by molar-refractivity contribution is -0.119. The lowest BCUT2D eigenvalue weighted by Gasteiger charge is -2.02. The molecule has 0 heterocycles. The first kappa shape index (κ1) is 13.0. The van der Waals surface area contributed by atoms with Crippen LogP contribution in [0.25, 0.3) is 6.08 Å². The van der Waals surface area contributed by atoms with Crippen LogP contribution in [0.2, 0.25) is 0 Å². The molecule has 0 radical (unpaired) electrons. The summed E-state index contributed by atoms with van der Waals surface area (Å²) in [5.41, 5.74) is 0.976. The monoisotopic (exact) mass is 232 g/mol. The van der Waals surface area contributed by atoms with Gasteiger partial charge < -0.3 is 10.6 Å². The van der Waals surface area contributed by atoms with Gasteiger partial charge in [-0.05, 0) is 11.6 Å². The molecule has 0 saturated carbocycles. The Morgan fingerprint density at radius 3 is 2.41 bits per heavy atom. The molecular formula is C13H16N2O2. The molecule has 0 unspecified atom stereocenters. The third-order valence-corrected chi connectivity index (χ3v) is 2.02. The first-order valence-corrected chi connectivity index (χ1v) is 5.44. The zero-order valence-electron chi connectivity index (χ0n) is 9.77. The van der Waals surface area contributed by atoms with E-state index >= 15 is 0 Å².